The van der Waals surface area contributed by atoms with E-state index in [9.17, 15) is 18.0 Å². The molecule has 2 heterocycles. The van der Waals surface area contributed by atoms with Crippen molar-refractivity contribution in [1.82, 2.24) is 15.0 Å². The number of piperidine rings is 1. The molecule has 0 aliphatic carbocycles. The van der Waals surface area contributed by atoms with Crippen LogP contribution in [-0.4, -0.2) is 72.5 Å². The van der Waals surface area contributed by atoms with Crippen molar-refractivity contribution in [2.45, 2.75) is 63.5 Å². The molecule has 1 aliphatic heterocycles. The van der Waals surface area contributed by atoms with Crippen LogP contribution in [0.1, 0.15) is 47.0 Å². The summed E-state index contributed by atoms with van der Waals surface area (Å²) >= 11 is 6.06. The third-order valence-electron chi connectivity index (χ3n) is 6.98. The number of nitrogens with zero attached hydrogens (tertiary/aromatic N) is 4. The van der Waals surface area contributed by atoms with Gasteiger partial charge in [-0.2, -0.15) is 0 Å². The maximum absolute atomic E-state index is 13.8. The lowest BCUT2D eigenvalue weighted by atomic mass is 10.0. The van der Waals surface area contributed by atoms with Gasteiger partial charge in [-0.05, 0) is 87.7 Å². The molecule has 11 heteroatoms. The second-order valence-electron chi connectivity index (χ2n) is 11.1. The van der Waals surface area contributed by atoms with Crippen molar-refractivity contribution in [2.24, 2.45) is 0 Å². The number of carbonyl (C=O) groups excluding carboxylic acids is 2. The molecule has 0 saturated carbocycles. The van der Waals surface area contributed by atoms with E-state index in [2.05, 4.69) is 9.88 Å². The van der Waals surface area contributed by atoms with Crippen LogP contribution < -0.4 is 4.90 Å². The van der Waals surface area contributed by atoms with E-state index < -0.39 is 27.4 Å². The molecule has 4 rings (SSSR count). The van der Waals surface area contributed by atoms with E-state index in [1.807, 2.05) is 12.1 Å². The number of hydrogen-bond acceptors (Lipinski definition) is 7. The quantitative estimate of drug-likeness (QED) is 0.320. The lowest BCUT2D eigenvalue weighted by Gasteiger charge is -2.44. The summed E-state index contributed by atoms with van der Waals surface area (Å²) in [5.74, 6) is -0.820. The highest BCUT2D eigenvalue weighted by Crippen LogP contribution is 2.27. The van der Waals surface area contributed by atoms with Gasteiger partial charge in [0.2, 0.25) is 5.91 Å². The molecule has 1 fully saturated rings. The van der Waals surface area contributed by atoms with Gasteiger partial charge in [-0.25, -0.2) is 23.2 Å². The normalized spacial score (nSPS) is 14.6. The lowest BCUT2D eigenvalue weighted by molar-refractivity contribution is -0.154. The molecule has 9 nitrogen and oxygen atoms in total. The number of ether oxygens (including phenoxy) is 1. The van der Waals surface area contributed by atoms with E-state index in [0.29, 0.717) is 31.0 Å². The van der Waals surface area contributed by atoms with E-state index in [1.165, 1.54) is 16.1 Å². The van der Waals surface area contributed by atoms with Crippen molar-refractivity contribution in [2.75, 3.05) is 30.3 Å². The fourth-order valence-corrected chi connectivity index (χ4v) is 6.43. The number of pyridine rings is 1. The number of halogens is 1. The standard InChI is InChI=1S/C30H37ClN4O5S/c1-5-34(29(37)40-30(2,3)4)35(26-12-17-33(18-13-26)25-10-15-32-16-11-25)28(36)14-19-41(38,39)27-9-7-22-20-24(31)8-6-23(22)21-27/h6-11,15-16,20-21,26H,5,12-14,17-19H2,1-4H3. The molecule has 0 radical (unpaired) electrons. The molecule has 0 N–H and O–H groups in total. The van der Waals surface area contributed by atoms with Gasteiger partial charge in [0, 0.05) is 49.2 Å². The number of hydrazine groups is 1. The highest BCUT2D eigenvalue weighted by Gasteiger charge is 2.36. The summed E-state index contributed by atoms with van der Waals surface area (Å²) in [7, 11) is -3.78. The summed E-state index contributed by atoms with van der Waals surface area (Å²) in [6.45, 7) is 8.61. The number of anilines is 1. The molecule has 1 aliphatic rings. The van der Waals surface area contributed by atoms with E-state index in [0.717, 1.165) is 16.5 Å². The Kier molecular flexibility index (Phi) is 9.44. The summed E-state index contributed by atoms with van der Waals surface area (Å²) in [5, 5.41) is 4.89. The molecule has 0 spiro atoms. The van der Waals surface area contributed by atoms with Crippen molar-refractivity contribution in [3.05, 3.63) is 65.9 Å². The van der Waals surface area contributed by atoms with E-state index in [4.69, 9.17) is 16.3 Å². The molecular formula is C30H37ClN4O5S. The molecule has 0 bridgehead atoms. The van der Waals surface area contributed by atoms with Crippen LogP contribution in [0, 0.1) is 0 Å². The molecule has 3 aromatic rings. The minimum absolute atomic E-state index is 0.136. The molecule has 0 atom stereocenters. The molecule has 2 amide bonds. The largest absolute Gasteiger partial charge is 0.442 e. The van der Waals surface area contributed by atoms with Crippen LogP contribution in [0.3, 0.4) is 0 Å². The third kappa shape index (κ3) is 7.68. The smallest absolute Gasteiger partial charge is 0.429 e. The summed E-state index contributed by atoms with van der Waals surface area (Å²) < 4.78 is 32.2. The fourth-order valence-electron chi connectivity index (χ4n) is 4.99. The molecule has 1 aromatic heterocycles. The second kappa shape index (κ2) is 12.7. The van der Waals surface area contributed by atoms with Crippen molar-refractivity contribution >= 4 is 49.9 Å². The van der Waals surface area contributed by atoms with Crippen molar-refractivity contribution in [1.29, 1.82) is 0 Å². The minimum Gasteiger partial charge on any atom is -0.442 e. The first-order valence-electron chi connectivity index (χ1n) is 13.8. The molecule has 0 unspecified atom stereocenters. The number of hydrogen-bond donors (Lipinski definition) is 0. The average molecular weight is 601 g/mol. The maximum Gasteiger partial charge on any atom is 0.429 e. The topological polar surface area (TPSA) is 100 Å². The molecule has 2 aromatic carbocycles. The number of benzene rings is 2. The van der Waals surface area contributed by atoms with Crippen molar-refractivity contribution < 1.29 is 22.7 Å². The zero-order valence-electron chi connectivity index (χ0n) is 23.9. The highest BCUT2D eigenvalue weighted by atomic mass is 35.5. The van der Waals surface area contributed by atoms with Crippen molar-refractivity contribution in [3.8, 4) is 0 Å². The number of amides is 2. The second-order valence-corrected chi connectivity index (χ2v) is 13.6. The summed E-state index contributed by atoms with van der Waals surface area (Å²) in [6.07, 6.45) is 3.78. The summed E-state index contributed by atoms with van der Waals surface area (Å²) in [5.41, 5.74) is 0.285. The van der Waals surface area contributed by atoms with Gasteiger partial charge in [0.25, 0.3) is 0 Å². The van der Waals surface area contributed by atoms with Crippen molar-refractivity contribution in [3.63, 3.8) is 0 Å². The van der Waals surface area contributed by atoms with Crippen LogP contribution in [0.25, 0.3) is 10.8 Å². The van der Waals surface area contributed by atoms with Gasteiger partial charge in [0.05, 0.1) is 16.7 Å². The van der Waals surface area contributed by atoms with Crippen LogP contribution in [0.2, 0.25) is 5.02 Å². The van der Waals surface area contributed by atoms with Crippen LogP contribution in [-0.2, 0) is 19.4 Å². The molecular weight excluding hydrogens is 564 g/mol. The Morgan fingerprint density at radius 1 is 1.02 bits per heavy atom. The van der Waals surface area contributed by atoms with Gasteiger partial charge < -0.3 is 9.64 Å². The third-order valence-corrected chi connectivity index (χ3v) is 8.92. The molecule has 220 valence electrons. The zero-order valence-corrected chi connectivity index (χ0v) is 25.5. The Bertz CT molecular complexity index is 1490. The number of rotatable bonds is 7. The van der Waals surface area contributed by atoms with Crippen LogP contribution in [0.4, 0.5) is 10.5 Å². The Morgan fingerprint density at radius 3 is 2.29 bits per heavy atom. The first kappa shape index (κ1) is 30.6. The number of carbonyl (C=O) groups is 2. The Morgan fingerprint density at radius 2 is 1.66 bits per heavy atom. The lowest BCUT2D eigenvalue weighted by Crippen LogP contribution is -2.58. The summed E-state index contributed by atoms with van der Waals surface area (Å²) in [6, 6.07) is 13.7. The first-order valence-corrected chi connectivity index (χ1v) is 15.8. The Labute approximate surface area is 246 Å². The Balaban J connectivity index is 1.53. The highest BCUT2D eigenvalue weighted by molar-refractivity contribution is 7.91. The number of sulfone groups is 1. The molecule has 1 saturated heterocycles. The first-order chi connectivity index (χ1) is 19.4. The van der Waals surface area contributed by atoms with E-state index >= 15 is 0 Å². The number of aromatic nitrogens is 1. The SMILES string of the molecule is CCN(C(=O)OC(C)(C)C)N(C(=O)CCS(=O)(=O)c1ccc2cc(Cl)ccc2c1)C1CCN(c2ccncc2)CC1. The molecule has 41 heavy (non-hydrogen) atoms. The Hall–Kier alpha value is -3.37. The van der Waals surface area contributed by atoms with E-state index in [-0.39, 0.29) is 29.7 Å². The van der Waals surface area contributed by atoms with Crippen LogP contribution in [0.15, 0.2) is 65.8 Å². The van der Waals surface area contributed by atoms with Gasteiger partial charge in [-0.1, -0.05) is 23.7 Å². The van der Waals surface area contributed by atoms with Gasteiger partial charge in [-0.3, -0.25) is 9.78 Å². The number of fused-ring (bicyclic) bond motifs is 1. The monoisotopic (exact) mass is 600 g/mol. The van der Waals surface area contributed by atoms with Crippen LogP contribution >= 0.6 is 11.6 Å². The summed E-state index contributed by atoms with van der Waals surface area (Å²) in [4.78, 5) is 33.4. The predicted molar refractivity (Wildman–Crippen MR) is 161 cm³/mol. The fraction of sp³-hybridized carbons (Fsp3) is 0.433. The van der Waals surface area contributed by atoms with Gasteiger partial charge >= 0.3 is 6.09 Å². The maximum atomic E-state index is 13.8. The van der Waals surface area contributed by atoms with Gasteiger partial charge in [0.15, 0.2) is 9.84 Å². The minimum atomic E-state index is -3.78. The predicted octanol–water partition coefficient (Wildman–Crippen LogP) is 5.72. The van der Waals surface area contributed by atoms with E-state index in [1.54, 1.807) is 70.4 Å². The van der Waals surface area contributed by atoms with Gasteiger partial charge in [-0.15, -0.1) is 0 Å². The van der Waals surface area contributed by atoms with Crippen LogP contribution in [0.5, 0.6) is 0 Å². The average Bonchev–Trinajstić information content (AvgIpc) is 2.94. The van der Waals surface area contributed by atoms with Gasteiger partial charge in [0.1, 0.15) is 5.60 Å². The zero-order chi connectivity index (χ0) is 29.8.